The van der Waals surface area contributed by atoms with E-state index < -0.39 is 0 Å². The first-order valence-corrected chi connectivity index (χ1v) is 9.68. The Hall–Kier alpha value is -2.92. The normalized spacial score (nSPS) is 10.4. The molecule has 138 valence electrons. The first kappa shape index (κ1) is 18.9. The van der Waals surface area contributed by atoms with Crippen molar-refractivity contribution in [2.45, 2.75) is 26.0 Å². The van der Waals surface area contributed by atoms with Crippen LogP contribution in [0.3, 0.4) is 0 Å². The third-order valence-electron chi connectivity index (χ3n) is 4.11. The van der Waals surface area contributed by atoms with Gasteiger partial charge in [-0.1, -0.05) is 48.5 Å². The van der Waals surface area contributed by atoms with E-state index >= 15 is 0 Å². The molecule has 0 atom stereocenters. The first-order chi connectivity index (χ1) is 13.2. The molecule has 1 aromatic heterocycles. The van der Waals surface area contributed by atoms with Crippen LogP contribution in [0.4, 0.5) is 0 Å². The zero-order chi connectivity index (χ0) is 18.9. The Morgan fingerprint density at radius 3 is 2.33 bits per heavy atom. The standard InChI is InChI=1S/C22H21NO3S/c24-20(21-11-6-14-27-21)12-13-22(25)23-15-17-7-4-5-8-18(17)16-26-19-9-2-1-3-10-19/h1-11,14H,12-13,15-16H2,(H,23,25). The summed E-state index contributed by atoms with van der Waals surface area (Å²) < 4.78 is 5.80. The quantitative estimate of drug-likeness (QED) is 0.553. The van der Waals surface area contributed by atoms with E-state index in [0.29, 0.717) is 18.0 Å². The summed E-state index contributed by atoms with van der Waals surface area (Å²) in [4.78, 5) is 24.8. The van der Waals surface area contributed by atoms with Crippen molar-refractivity contribution < 1.29 is 14.3 Å². The van der Waals surface area contributed by atoms with E-state index in [2.05, 4.69) is 5.32 Å². The fourth-order valence-electron chi connectivity index (χ4n) is 2.62. The Kier molecular flexibility index (Phi) is 6.77. The molecule has 2 aromatic carbocycles. The Morgan fingerprint density at radius 2 is 1.59 bits per heavy atom. The molecule has 0 bridgehead atoms. The van der Waals surface area contributed by atoms with Crippen LogP contribution in [0.15, 0.2) is 72.1 Å². The molecule has 3 aromatic rings. The van der Waals surface area contributed by atoms with Crippen molar-refractivity contribution in [2.24, 2.45) is 0 Å². The minimum absolute atomic E-state index is 0.0109. The van der Waals surface area contributed by atoms with Gasteiger partial charge in [0, 0.05) is 19.4 Å². The number of benzene rings is 2. The van der Waals surface area contributed by atoms with Crippen LogP contribution in [-0.2, 0) is 17.9 Å². The van der Waals surface area contributed by atoms with Gasteiger partial charge >= 0.3 is 0 Å². The van der Waals surface area contributed by atoms with Gasteiger partial charge in [-0.15, -0.1) is 11.3 Å². The number of amides is 1. The third kappa shape index (κ3) is 5.79. The molecule has 0 unspecified atom stereocenters. The summed E-state index contributed by atoms with van der Waals surface area (Å²) in [7, 11) is 0. The maximum atomic E-state index is 12.1. The summed E-state index contributed by atoms with van der Waals surface area (Å²) in [6.45, 7) is 0.854. The molecule has 5 heteroatoms. The van der Waals surface area contributed by atoms with Crippen molar-refractivity contribution in [2.75, 3.05) is 0 Å². The first-order valence-electron chi connectivity index (χ1n) is 8.80. The topological polar surface area (TPSA) is 55.4 Å². The summed E-state index contributed by atoms with van der Waals surface area (Å²) in [6, 6.07) is 21.1. The van der Waals surface area contributed by atoms with E-state index in [9.17, 15) is 9.59 Å². The highest BCUT2D eigenvalue weighted by molar-refractivity contribution is 7.12. The number of Topliss-reactive ketones (excluding diaryl/α,β-unsaturated/α-hetero) is 1. The number of hydrogen-bond donors (Lipinski definition) is 1. The molecule has 0 spiro atoms. The van der Waals surface area contributed by atoms with E-state index in [-0.39, 0.29) is 24.5 Å². The predicted octanol–water partition coefficient (Wildman–Crippen LogP) is 4.61. The molecule has 3 rings (SSSR count). The molecule has 0 fully saturated rings. The number of rotatable bonds is 9. The van der Waals surface area contributed by atoms with Gasteiger partial charge in [-0.3, -0.25) is 9.59 Å². The maximum Gasteiger partial charge on any atom is 0.220 e. The number of thiophene rings is 1. The number of para-hydroxylation sites is 1. The lowest BCUT2D eigenvalue weighted by molar-refractivity contribution is -0.121. The van der Waals surface area contributed by atoms with Crippen molar-refractivity contribution >= 4 is 23.0 Å². The summed E-state index contributed by atoms with van der Waals surface area (Å²) in [5.41, 5.74) is 2.03. The molecule has 27 heavy (non-hydrogen) atoms. The molecule has 0 saturated carbocycles. The Morgan fingerprint density at radius 1 is 0.852 bits per heavy atom. The Bertz CT molecular complexity index is 876. The zero-order valence-electron chi connectivity index (χ0n) is 14.9. The monoisotopic (exact) mass is 379 g/mol. The molecule has 1 amide bonds. The highest BCUT2D eigenvalue weighted by atomic mass is 32.1. The lowest BCUT2D eigenvalue weighted by Gasteiger charge is -2.12. The van der Waals surface area contributed by atoms with Gasteiger partial charge in [0.05, 0.1) is 4.88 Å². The second-order valence-electron chi connectivity index (χ2n) is 6.05. The molecule has 0 aliphatic heterocycles. The number of hydrogen-bond acceptors (Lipinski definition) is 4. The Labute approximate surface area is 162 Å². The van der Waals surface area contributed by atoms with Crippen molar-refractivity contribution in [3.8, 4) is 5.75 Å². The van der Waals surface area contributed by atoms with Crippen molar-refractivity contribution in [3.63, 3.8) is 0 Å². The minimum Gasteiger partial charge on any atom is -0.489 e. The van der Waals surface area contributed by atoms with Gasteiger partial charge in [0.15, 0.2) is 5.78 Å². The SMILES string of the molecule is O=C(CCC(=O)c1cccs1)NCc1ccccc1COc1ccccc1. The van der Waals surface area contributed by atoms with Gasteiger partial charge in [0.1, 0.15) is 12.4 Å². The predicted molar refractivity (Wildman–Crippen MR) is 107 cm³/mol. The zero-order valence-corrected chi connectivity index (χ0v) is 15.7. The minimum atomic E-state index is -0.126. The molecule has 0 radical (unpaired) electrons. The largest absolute Gasteiger partial charge is 0.489 e. The second-order valence-corrected chi connectivity index (χ2v) is 7.00. The number of ether oxygens (including phenoxy) is 1. The molecule has 0 aliphatic carbocycles. The highest BCUT2D eigenvalue weighted by Crippen LogP contribution is 2.15. The van der Waals surface area contributed by atoms with Gasteiger partial charge in [-0.05, 0) is 34.7 Å². The van der Waals surface area contributed by atoms with Gasteiger partial charge in [0.2, 0.25) is 5.91 Å². The smallest absolute Gasteiger partial charge is 0.220 e. The number of ketones is 1. The van der Waals surface area contributed by atoms with E-state index in [0.717, 1.165) is 16.9 Å². The highest BCUT2D eigenvalue weighted by Gasteiger charge is 2.11. The van der Waals surface area contributed by atoms with Crippen LogP contribution in [0.5, 0.6) is 5.75 Å². The van der Waals surface area contributed by atoms with Gasteiger partial charge in [-0.25, -0.2) is 0 Å². The second kappa shape index (κ2) is 9.69. The van der Waals surface area contributed by atoms with Crippen LogP contribution in [0.2, 0.25) is 0 Å². The van der Waals surface area contributed by atoms with E-state index in [1.807, 2.05) is 66.0 Å². The van der Waals surface area contributed by atoms with E-state index in [1.54, 1.807) is 6.07 Å². The van der Waals surface area contributed by atoms with Crippen LogP contribution in [0, 0.1) is 0 Å². The molecule has 0 aliphatic rings. The summed E-state index contributed by atoms with van der Waals surface area (Å²) in [5, 5.41) is 4.76. The third-order valence-corrected chi connectivity index (χ3v) is 5.02. The van der Waals surface area contributed by atoms with Crippen molar-refractivity contribution in [1.82, 2.24) is 5.32 Å². The molecular formula is C22H21NO3S. The van der Waals surface area contributed by atoms with E-state index in [1.165, 1.54) is 11.3 Å². The number of carbonyl (C=O) groups is 2. The molecule has 1 heterocycles. The van der Waals surface area contributed by atoms with Crippen molar-refractivity contribution in [1.29, 1.82) is 0 Å². The Balaban J connectivity index is 1.48. The summed E-state index contributed by atoms with van der Waals surface area (Å²) in [6.07, 6.45) is 0.421. The fraction of sp³-hybridized carbons (Fsp3) is 0.182. The van der Waals surface area contributed by atoms with Crippen LogP contribution < -0.4 is 10.1 Å². The summed E-state index contributed by atoms with van der Waals surface area (Å²) in [5.74, 6) is 0.693. The van der Waals surface area contributed by atoms with Crippen LogP contribution in [-0.4, -0.2) is 11.7 Å². The molecular weight excluding hydrogens is 358 g/mol. The van der Waals surface area contributed by atoms with Gasteiger partial charge in [0.25, 0.3) is 0 Å². The number of carbonyl (C=O) groups excluding carboxylic acids is 2. The molecule has 1 N–H and O–H groups in total. The number of nitrogens with one attached hydrogen (secondary N) is 1. The molecule has 0 saturated heterocycles. The average Bonchev–Trinajstić information content (AvgIpc) is 3.25. The van der Waals surface area contributed by atoms with Crippen LogP contribution in [0.1, 0.15) is 33.6 Å². The lowest BCUT2D eigenvalue weighted by atomic mass is 10.1. The molecule has 4 nitrogen and oxygen atoms in total. The van der Waals surface area contributed by atoms with Crippen LogP contribution in [0.25, 0.3) is 0 Å². The summed E-state index contributed by atoms with van der Waals surface area (Å²) >= 11 is 1.40. The van der Waals surface area contributed by atoms with Crippen molar-refractivity contribution in [3.05, 3.63) is 88.1 Å². The van der Waals surface area contributed by atoms with Gasteiger partial charge < -0.3 is 10.1 Å². The van der Waals surface area contributed by atoms with E-state index in [4.69, 9.17) is 4.74 Å². The average molecular weight is 379 g/mol. The van der Waals surface area contributed by atoms with Gasteiger partial charge in [-0.2, -0.15) is 0 Å². The maximum absolute atomic E-state index is 12.1. The van der Waals surface area contributed by atoms with Crippen LogP contribution >= 0.6 is 11.3 Å². The lowest BCUT2D eigenvalue weighted by Crippen LogP contribution is -2.24. The fourth-order valence-corrected chi connectivity index (χ4v) is 3.31.